The van der Waals surface area contributed by atoms with E-state index in [0.29, 0.717) is 15.6 Å². The lowest BCUT2D eigenvalue weighted by molar-refractivity contribution is 0.0680. The van der Waals surface area contributed by atoms with E-state index in [-0.39, 0.29) is 49.1 Å². The average molecular weight is 657 g/mol. The van der Waals surface area contributed by atoms with Gasteiger partial charge in [-0.15, -0.1) is 0 Å². The van der Waals surface area contributed by atoms with Gasteiger partial charge >= 0.3 is 0 Å². The van der Waals surface area contributed by atoms with Crippen LogP contribution < -0.4 is 0 Å². The number of carbonyl (C=O) groups excluding carboxylic acids is 1. The van der Waals surface area contributed by atoms with Gasteiger partial charge in [-0.05, 0) is 90.6 Å². The Morgan fingerprint density at radius 1 is 0.932 bits per heavy atom. The van der Waals surface area contributed by atoms with Crippen LogP contribution in [0.2, 0.25) is 10.0 Å². The third kappa shape index (κ3) is 7.09. The molecule has 0 saturated heterocycles. The van der Waals surface area contributed by atoms with Crippen LogP contribution in [0, 0.1) is 5.92 Å². The number of fused-ring (bicyclic) bond motifs is 1. The first kappa shape index (κ1) is 32.3. The van der Waals surface area contributed by atoms with E-state index in [1.807, 2.05) is 48.5 Å². The second-order valence-electron chi connectivity index (χ2n) is 10.8. The maximum Gasteiger partial charge on any atom is 0.274 e. The van der Waals surface area contributed by atoms with Crippen molar-refractivity contribution in [1.82, 2.24) is 9.31 Å². The van der Waals surface area contributed by atoms with Crippen molar-refractivity contribution < 1.29 is 22.7 Å². The van der Waals surface area contributed by atoms with Gasteiger partial charge in [0.1, 0.15) is 0 Å². The van der Waals surface area contributed by atoms with Crippen LogP contribution >= 0.6 is 23.2 Å². The Morgan fingerprint density at radius 2 is 1.52 bits per heavy atom. The van der Waals surface area contributed by atoms with Gasteiger partial charge in [0, 0.05) is 48.8 Å². The van der Waals surface area contributed by atoms with Crippen molar-refractivity contribution in [2.45, 2.75) is 30.2 Å². The lowest BCUT2D eigenvalue weighted by Crippen LogP contribution is -2.36. The van der Waals surface area contributed by atoms with Gasteiger partial charge in [0.25, 0.3) is 5.91 Å². The van der Waals surface area contributed by atoms with E-state index < -0.39 is 10.0 Å². The fraction of sp³-hybridized carbons (Fsp3) is 0.333. The lowest BCUT2D eigenvalue weighted by atomic mass is 9.77. The molecule has 5 rings (SSSR count). The van der Waals surface area contributed by atoms with E-state index in [2.05, 4.69) is 6.08 Å². The zero-order valence-electron chi connectivity index (χ0n) is 24.7. The number of benzene rings is 3. The van der Waals surface area contributed by atoms with E-state index in [9.17, 15) is 13.2 Å². The molecular formula is C33H35Cl2N3O5S. The van der Waals surface area contributed by atoms with E-state index in [1.165, 1.54) is 30.7 Å². The molecule has 1 fully saturated rings. The number of hydrogen-bond donors (Lipinski definition) is 0. The Labute approximate surface area is 268 Å². The van der Waals surface area contributed by atoms with Crippen molar-refractivity contribution >= 4 is 50.9 Å². The summed E-state index contributed by atoms with van der Waals surface area (Å²) in [5.74, 6) is -0.306. The fourth-order valence-corrected chi connectivity index (χ4v) is 7.37. The van der Waals surface area contributed by atoms with Gasteiger partial charge in [-0.3, -0.25) is 4.79 Å². The number of ether oxygens (including phenoxy) is 2. The molecule has 44 heavy (non-hydrogen) atoms. The predicted molar refractivity (Wildman–Crippen MR) is 174 cm³/mol. The summed E-state index contributed by atoms with van der Waals surface area (Å²) in [7, 11) is -0.787. The monoisotopic (exact) mass is 655 g/mol. The van der Waals surface area contributed by atoms with Gasteiger partial charge in [-0.1, -0.05) is 47.5 Å². The maximum absolute atomic E-state index is 14.1. The minimum absolute atomic E-state index is 0.00204. The van der Waals surface area contributed by atoms with Gasteiger partial charge < -0.3 is 9.47 Å². The maximum atomic E-state index is 14.1. The molecule has 1 amide bonds. The van der Waals surface area contributed by atoms with Crippen molar-refractivity contribution in [3.8, 4) is 0 Å². The summed E-state index contributed by atoms with van der Waals surface area (Å²) in [6.07, 6.45) is 4.81. The molecule has 1 heterocycles. The zero-order valence-corrected chi connectivity index (χ0v) is 27.0. The van der Waals surface area contributed by atoms with Crippen LogP contribution in [0.3, 0.4) is 0 Å². The molecule has 1 aliphatic heterocycles. The van der Waals surface area contributed by atoms with Crippen LogP contribution in [0.15, 0.2) is 88.4 Å². The van der Waals surface area contributed by atoms with E-state index >= 15 is 0 Å². The first-order valence-corrected chi connectivity index (χ1v) is 16.6. The number of halogens is 2. The van der Waals surface area contributed by atoms with Gasteiger partial charge in [-0.2, -0.15) is 9.41 Å². The molecule has 8 nitrogen and oxygen atoms in total. The largest absolute Gasteiger partial charge is 0.383 e. The molecule has 2 aliphatic rings. The molecule has 0 spiro atoms. The fourth-order valence-electron chi connectivity index (χ4n) is 5.71. The van der Waals surface area contributed by atoms with Crippen molar-refractivity contribution in [3.05, 3.63) is 105 Å². The van der Waals surface area contributed by atoms with Crippen molar-refractivity contribution in [2.75, 3.05) is 40.5 Å². The number of carbonyl (C=O) groups is 1. The topological polar surface area (TPSA) is 88.5 Å². The highest BCUT2D eigenvalue weighted by atomic mass is 35.5. The van der Waals surface area contributed by atoms with Gasteiger partial charge in [0.2, 0.25) is 10.0 Å². The number of hydrogen-bond acceptors (Lipinski definition) is 6. The van der Waals surface area contributed by atoms with Crippen LogP contribution in [0.5, 0.6) is 0 Å². The van der Waals surface area contributed by atoms with Crippen molar-refractivity contribution in [1.29, 1.82) is 0 Å². The zero-order chi connectivity index (χ0) is 31.3. The van der Waals surface area contributed by atoms with Crippen LogP contribution in [-0.2, 0) is 19.5 Å². The summed E-state index contributed by atoms with van der Waals surface area (Å²) in [5, 5.41) is 7.78. The summed E-state index contributed by atoms with van der Waals surface area (Å²) in [5.41, 5.74) is 4.28. The van der Waals surface area contributed by atoms with Crippen LogP contribution in [0.4, 0.5) is 0 Å². The number of rotatable bonds is 11. The third-order valence-corrected chi connectivity index (χ3v) is 10.4. The summed E-state index contributed by atoms with van der Waals surface area (Å²) in [6.45, 7) is 0.862. The standard InChI is InChI=1S/C33H35Cl2N3O5S/c1-42-20-18-37(19-21-43-2)44(40,41)29-16-10-25(11-17-29)33(39)38-32(24-8-14-28(35)15-9-24)30-5-3-4-26(31(30)36-38)22-23-6-12-27(34)13-7-23/h6-17,22,30,32H,3-5,18-21H2,1-2H3/b26-22-/t30-,32+/m0/s1. The summed E-state index contributed by atoms with van der Waals surface area (Å²) in [6, 6.07) is 20.9. The summed E-state index contributed by atoms with van der Waals surface area (Å²) in [4.78, 5) is 14.2. The Kier molecular flexibility index (Phi) is 10.6. The normalized spacial score (nSPS) is 19.3. The highest BCUT2D eigenvalue weighted by Gasteiger charge is 2.44. The first-order chi connectivity index (χ1) is 21.2. The number of sulfonamides is 1. The number of nitrogens with zero attached hydrogens (tertiary/aromatic N) is 3. The van der Waals surface area contributed by atoms with Crippen molar-refractivity contribution in [3.63, 3.8) is 0 Å². The molecule has 3 aromatic rings. The smallest absolute Gasteiger partial charge is 0.274 e. The third-order valence-electron chi connectivity index (χ3n) is 7.96. The number of amides is 1. The van der Waals surface area contributed by atoms with E-state index in [1.54, 1.807) is 17.1 Å². The summed E-state index contributed by atoms with van der Waals surface area (Å²) >= 11 is 12.3. The average Bonchev–Trinajstić information content (AvgIpc) is 3.43. The Morgan fingerprint density at radius 3 is 2.11 bits per heavy atom. The molecule has 3 aromatic carbocycles. The molecule has 1 saturated carbocycles. The lowest BCUT2D eigenvalue weighted by Gasteiger charge is -2.29. The number of methoxy groups -OCH3 is 2. The molecular weight excluding hydrogens is 621 g/mol. The first-order valence-electron chi connectivity index (χ1n) is 14.4. The van der Waals surface area contributed by atoms with Gasteiger partial charge in [0.15, 0.2) is 0 Å². The number of hydrazone groups is 1. The minimum Gasteiger partial charge on any atom is -0.383 e. The SMILES string of the molecule is COCCN(CCOC)S(=O)(=O)c1ccc(C(=O)N2N=C3/C(=C\c4ccc(Cl)cc4)CCC[C@@H]3[C@H]2c2ccc(Cl)cc2)cc1. The van der Waals surface area contributed by atoms with Crippen molar-refractivity contribution in [2.24, 2.45) is 11.0 Å². The predicted octanol–water partition coefficient (Wildman–Crippen LogP) is 6.71. The highest BCUT2D eigenvalue weighted by Crippen LogP contribution is 2.45. The Balaban J connectivity index is 1.48. The Bertz CT molecular complexity index is 1620. The molecule has 232 valence electrons. The molecule has 0 radical (unpaired) electrons. The van der Waals surface area contributed by atoms with E-state index in [4.69, 9.17) is 37.8 Å². The van der Waals surface area contributed by atoms with Crippen LogP contribution in [-0.4, -0.2) is 69.9 Å². The molecule has 0 unspecified atom stereocenters. The number of allylic oxidation sites excluding steroid dienone is 1. The molecule has 0 N–H and O–H groups in total. The second-order valence-corrected chi connectivity index (χ2v) is 13.6. The quantitative estimate of drug-likeness (QED) is 0.229. The van der Waals surface area contributed by atoms with Gasteiger partial charge in [0.05, 0.1) is 29.9 Å². The molecule has 0 bridgehead atoms. The molecule has 2 atom stereocenters. The molecule has 1 aliphatic carbocycles. The minimum atomic E-state index is -3.83. The second kappa shape index (κ2) is 14.4. The molecule has 0 aromatic heterocycles. The molecule has 11 heteroatoms. The summed E-state index contributed by atoms with van der Waals surface area (Å²) < 4.78 is 38.3. The van der Waals surface area contributed by atoms with Gasteiger partial charge in [-0.25, -0.2) is 13.4 Å². The Hall–Kier alpha value is -3.05. The highest BCUT2D eigenvalue weighted by molar-refractivity contribution is 7.89. The van der Waals surface area contributed by atoms with E-state index in [0.717, 1.165) is 41.7 Å². The van der Waals surface area contributed by atoms with Crippen LogP contribution in [0.25, 0.3) is 6.08 Å². The van der Waals surface area contributed by atoms with Crippen LogP contribution in [0.1, 0.15) is 46.8 Å².